The Kier molecular flexibility index (Phi) is 1.42. The van der Waals surface area contributed by atoms with Gasteiger partial charge in [-0.2, -0.15) is 5.10 Å². The van der Waals surface area contributed by atoms with E-state index in [1.165, 1.54) is 6.34 Å². The largest absolute Gasteiger partial charge is 0.267 e. The topological polar surface area (TPSA) is 28.0 Å². The van der Waals surface area contributed by atoms with E-state index in [0.717, 1.165) is 6.54 Å². The maximum atomic E-state index is 3.84. The second-order valence-electron chi connectivity index (χ2n) is 1.37. The van der Waals surface area contributed by atoms with E-state index in [2.05, 4.69) is 16.7 Å². The Labute approximate surface area is 48.0 Å². The smallest absolute Gasteiger partial charge is 0.135 e. The van der Waals surface area contributed by atoms with Crippen molar-refractivity contribution in [3.8, 4) is 0 Å². The monoisotopic (exact) mass is 109 g/mol. The van der Waals surface area contributed by atoms with Crippen molar-refractivity contribution < 1.29 is 0 Å². The van der Waals surface area contributed by atoms with Crippen molar-refractivity contribution in [2.45, 2.75) is 0 Å². The van der Waals surface area contributed by atoms with Gasteiger partial charge in [0.2, 0.25) is 0 Å². The lowest BCUT2D eigenvalue weighted by Gasteiger charge is -2.10. The van der Waals surface area contributed by atoms with Crippen LogP contribution in [0.5, 0.6) is 0 Å². The molecule has 0 N–H and O–H groups in total. The maximum absolute atomic E-state index is 3.84. The Morgan fingerprint density at radius 1 is 1.75 bits per heavy atom. The third kappa shape index (κ3) is 0.932. The highest BCUT2D eigenvalue weighted by atomic mass is 15.5. The first-order valence-corrected chi connectivity index (χ1v) is 2.37. The van der Waals surface area contributed by atoms with E-state index in [1.54, 1.807) is 17.4 Å². The van der Waals surface area contributed by atoms with E-state index in [0.29, 0.717) is 0 Å². The van der Waals surface area contributed by atoms with Crippen LogP contribution in [0.3, 0.4) is 0 Å². The molecule has 3 heteroatoms. The van der Waals surface area contributed by atoms with Crippen molar-refractivity contribution in [2.24, 2.45) is 10.1 Å². The standard InChI is InChI=1S/C5H7N3/c1-2-8-4-3-6-5-7-8/h2-3,5H,1,4H2. The second kappa shape index (κ2) is 2.26. The highest BCUT2D eigenvalue weighted by molar-refractivity contribution is 5.75. The van der Waals surface area contributed by atoms with Crippen molar-refractivity contribution in [2.75, 3.05) is 6.54 Å². The van der Waals surface area contributed by atoms with Crippen molar-refractivity contribution in [3.63, 3.8) is 0 Å². The molecule has 0 spiro atoms. The fourth-order valence-electron chi connectivity index (χ4n) is 0.443. The van der Waals surface area contributed by atoms with Crippen molar-refractivity contribution >= 4 is 12.6 Å². The molecule has 8 heavy (non-hydrogen) atoms. The van der Waals surface area contributed by atoms with Gasteiger partial charge in [-0.3, -0.25) is 5.01 Å². The van der Waals surface area contributed by atoms with Crippen molar-refractivity contribution in [3.05, 3.63) is 12.8 Å². The lowest BCUT2D eigenvalue weighted by Crippen LogP contribution is -2.14. The average Bonchev–Trinajstić information content (AvgIpc) is 1.90. The molecule has 0 unspecified atom stereocenters. The fourth-order valence-corrected chi connectivity index (χ4v) is 0.443. The van der Waals surface area contributed by atoms with Gasteiger partial charge in [-0.15, -0.1) is 0 Å². The number of hydrazone groups is 1. The number of hydrogen-bond acceptors (Lipinski definition) is 3. The molecular formula is C5H7N3. The number of nitrogens with zero attached hydrogens (tertiary/aromatic N) is 3. The van der Waals surface area contributed by atoms with Gasteiger partial charge in [0.15, 0.2) is 0 Å². The lowest BCUT2D eigenvalue weighted by atomic mass is 10.6. The van der Waals surface area contributed by atoms with E-state index in [9.17, 15) is 0 Å². The predicted octanol–water partition coefficient (Wildman–Crippen LogP) is 0.460. The maximum Gasteiger partial charge on any atom is 0.135 e. The van der Waals surface area contributed by atoms with Gasteiger partial charge in [-0.25, -0.2) is 4.99 Å². The first kappa shape index (κ1) is 5.03. The van der Waals surface area contributed by atoms with Crippen LogP contribution >= 0.6 is 0 Å². The summed E-state index contributed by atoms with van der Waals surface area (Å²) in [5, 5.41) is 5.54. The summed E-state index contributed by atoms with van der Waals surface area (Å²) in [6.45, 7) is 4.27. The molecule has 1 rings (SSSR count). The molecule has 0 aliphatic carbocycles. The minimum Gasteiger partial charge on any atom is -0.267 e. The molecule has 1 heterocycles. The summed E-state index contributed by atoms with van der Waals surface area (Å²) >= 11 is 0. The normalized spacial score (nSPS) is 16.8. The van der Waals surface area contributed by atoms with Gasteiger partial charge >= 0.3 is 0 Å². The van der Waals surface area contributed by atoms with Gasteiger partial charge in [-0.05, 0) is 0 Å². The summed E-state index contributed by atoms with van der Waals surface area (Å²) in [6.07, 6.45) is 4.92. The highest BCUT2D eigenvalue weighted by Gasteiger charge is 1.91. The van der Waals surface area contributed by atoms with Crippen LogP contribution < -0.4 is 0 Å². The molecule has 0 aromatic heterocycles. The van der Waals surface area contributed by atoms with Crippen LogP contribution in [0.25, 0.3) is 0 Å². The molecule has 1 aliphatic heterocycles. The molecule has 0 aromatic rings. The van der Waals surface area contributed by atoms with Crippen LogP contribution in [0.15, 0.2) is 22.9 Å². The van der Waals surface area contributed by atoms with Crippen LogP contribution in [-0.2, 0) is 0 Å². The highest BCUT2D eigenvalue weighted by Crippen LogP contribution is 1.89. The molecule has 0 amide bonds. The molecule has 1 aliphatic rings. The van der Waals surface area contributed by atoms with E-state index < -0.39 is 0 Å². The fraction of sp³-hybridized carbons (Fsp3) is 0.200. The molecule has 0 saturated heterocycles. The summed E-state index contributed by atoms with van der Waals surface area (Å²) in [6, 6.07) is 0. The van der Waals surface area contributed by atoms with E-state index in [1.807, 2.05) is 0 Å². The molecular weight excluding hydrogens is 102 g/mol. The third-order valence-corrected chi connectivity index (χ3v) is 0.851. The summed E-state index contributed by atoms with van der Waals surface area (Å²) < 4.78 is 0. The Morgan fingerprint density at radius 3 is 3.00 bits per heavy atom. The minimum absolute atomic E-state index is 0.736. The predicted molar refractivity (Wildman–Crippen MR) is 33.9 cm³/mol. The minimum atomic E-state index is 0.736. The summed E-state index contributed by atoms with van der Waals surface area (Å²) in [5.74, 6) is 0. The molecule has 0 atom stereocenters. The molecule has 0 bridgehead atoms. The first-order valence-electron chi connectivity index (χ1n) is 2.37. The Bertz CT molecular complexity index is 137. The Hall–Kier alpha value is -1.12. The van der Waals surface area contributed by atoms with Gasteiger partial charge in [0.25, 0.3) is 0 Å². The first-order chi connectivity index (χ1) is 3.93. The number of hydrogen-bond donors (Lipinski definition) is 0. The zero-order valence-electron chi connectivity index (χ0n) is 4.49. The summed E-state index contributed by atoms with van der Waals surface area (Å²) in [4.78, 5) is 3.77. The molecule has 0 saturated carbocycles. The SMILES string of the molecule is C=CN1CC=NC=N1. The Balaban J connectivity index is 2.51. The van der Waals surface area contributed by atoms with Gasteiger partial charge in [0.1, 0.15) is 6.34 Å². The van der Waals surface area contributed by atoms with E-state index >= 15 is 0 Å². The van der Waals surface area contributed by atoms with Crippen molar-refractivity contribution in [1.29, 1.82) is 0 Å². The van der Waals surface area contributed by atoms with Gasteiger partial charge in [0.05, 0.1) is 6.54 Å². The van der Waals surface area contributed by atoms with Gasteiger partial charge in [-0.1, -0.05) is 6.58 Å². The van der Waals surface area contributed by atoms with Gasteiger partial charge < -0.3 is 0 Å². The quantitative estimate of drug-likeness (QED) is 0.480. The van der Waals surface area contributed by atoms with Crippen LogP contribution in [0.4, 0.5) is 0 Å². The van der Waals surface area contributed by atoms with E-state index in [4.69, 9.17) is 0 Å². The van der Waals surface area contributed by atoms with E-state index in [-0.39, 0.29) is 0 Å². The number of rotatable bonds is 1. The zero-order valence-corrected chi connectivity index (χ0v) is 4.49. The third-order valence-electron chi connectivity index (χ3n) is 0.851. The molecule has 0 aromatic carbocycles. The zero-order chi connectivity index (χ0) is 5.82. The molecule has 0 radical (unpaired) electrons. The molecule has 0 fully saturated rings. The number of aliphatic imine (C=N–C) groups is 1. The van der Waals surface area contributed by atoms with Gasteiger partial charge in [0, 0.05) is 12.4 Å². The Morgan fingerprint density at radius 2 is 2.62 bits per heavy atom. The van der Waals surface area contributed by atoms with Crippen LogP contribution in [0.2, 0.25) is 0 Å². The lowest BCUT2D eigenvalue weighted by molar-refractivity contribution is 0.459. The average molecular weight is 109 g/mol. The van der Waals surface area contributed by atoms with Crippen LogP contribution in [-0.4, -0.2) is 24.1 Å². The molecule has 42 valence electrons. The van der Waals surface area contributed by atoms with Crippen LogP contribution in [0, 0.1) is 0 Å². The van der Waals surface area contributed by atoms with Crippen molar-refractivity contribution in [1.82, 2.24) is 5.01 Å². The summed E-state index contributed by atoms with van der Waals surface area (Å²) in [5.41, 5.74) is 0. The second-order valence-corrected chi connectivity index (χ2v) is 1.37. The summed E-state index contributed by atoms with van der Waals surface area (Å²) in [7, 11) is 0. The van der Waals surface area contributed by atoms with Crippen LogP contribution in [0.1, 0.15) is 0 Å². The molecule has 3 nitrogen and oxygen atoms in total.